The van der Waals surface area contributed by atoms with Crippen molar-refractivity contribution in [1.29, 1.82) is 0 Å². The number of hydrogen-bond donors (Lipinski definition) is 0. The topological polar surface area (TPSA) is 97.4 Å². The maximum absolute atomic E-state index is 14.7. The van der Waals surface area contributed by atoms with Crippen molar-refractivity contribution in [2.75, 3.05) is 13.6 Å². The molecular weight excluding hydrogens is 459 g/mol. The van der Waals surface area contributed by atoms with Gasteiger partial charge in [0.2, 0.25) is 13.6 Å². The molecule has 0 bridgehead atoms. The Morgan fingerprint density at radius 1 is 0.857 bits per heavy atom. The second kappa shape index (κ2) is 11.5. The number of hydrogen-bond acceptors (Lipinski definition) is 8. The number of carbonyl (C=O) groups is 3. The van der Waals surface area contributed by atoms with Gasteiger partial charge in [0.25, 0.3) is 0 Å². The predicted molar refractivity (Wildman–Crippen MR) is 123 cm³/mol. The molecule has 0 fully saturated rings. The third-order valence-electron chi connectivity index (χ3n) is 4.51. The number of esters is 3. The molecule has 0 amide bonds. The van der Waals surface area contributed by atoms with Crippen molar-refractivity contribution in [3.8, 4) is 17.2 Å². The normalized spacial score (nSPS) is 10.2. The van der Waals surface area contributed by atoms with E-state index in [1.165, 1.54) is 43.3 Å². The van der Waals surface area contributed by atoms with E-state index in [0.717, 1.165) is 6.08 Å². The van der Waals surface area contributed by atoms with Gasteiger partial charge in [0.15, 0.2) is 0 Å². The number of rotatable bonds is 10. The van der Waals surface area contributed by atoms with Crippen molar-refractivity contribution in [3.63, 3.8) is 0 Å². The van der Waals surface area contributed by atoms with Crippen molar-refractivity contribution in [1.82, 2.24) is 0 Å². The summed E-state index contributed by atoms with van der Waals surface area (Å²) in [6.07, 6.45) is 1.01. The maximum Gasteiger partial charge on any atom is 0.346 e. The molecule has 3 aromatic rings. The second-order valence-electron chi connectivity index (χ2n) is 7.11. The zero-order chi connectivity index (χ0) is 25.4. The Hall–Kier alpha value is -4.66. The second-order valence-corrected chi connectivity index (χ2v) is 7.11. The highest BCUT2D eigenvalue weighted by atomic mass is 19.1. The van der Waals surface area contributed by atoms with Gasteiger partial charge in [-0.2, -0.15) is 0 Å². The summed E-state index contributed by atoms with van der Waals surface area (Å²) >= 11 is 0. The van der Waals surface area contributed by atoms with Gasteiger partial charge in [0.05, 0.1) is 5.56 Å². The molecule has 0 aliphatic rings. The summed E-state index contributed by atoms with van der Waals surface area (Å²) < 4.78 is 40.0. The average molecular weight is 480 g/mol. The zero-order valence-electron chi connectivity index (χ0n) is 18.7. The quantitative estimate of drug-likeness (QED) is 0.178. The van der Waals surface area contributed by atoms with E-state index in [0.29, 0.717) is 22.3 Å². The minimum absolute atomic E-state index is 0.165. The Kier molecular flexibility index (Phi) is 8.18. The SMILES string of the molecule is C=CC(=O)OCOc1ccc(OC(=O)c2cc3ccc(OCOC(=O)C(=C)C)cc3cc2F)cc1. The lowest BCUT2D eigenvalue weighted by atomic mass is 10.1. The van der Waals surface area contributed by atoms with Gasteiger partial charge in [-0.25, -0.2) is 18.8 Å². The summed E-state index contributed by atoms with van der Waals surface area (Å²) in [5.41, 5.74) is -0.0114. The first kappa shape index (κ1) is 25.0. The van der Waals surface area contributed by atoms with Crippen molar-refractivity contribution in [2.45, 2.75) is 6.92 Å². The van der Waals surface area contributed by atoms with Gasteiger partial charge in [-0.3, -0.25) is 0 Å². The van der Waals surface area contributed by atoms with Crippen molar-refractivity contribution in [3.05, 3.63) is 90.8 Å². The predicted octanol–water partition coefficient (Wildman–Crippen LogP) is 4.72. The fraction of sp³-hybridized carbons (Fsp3) is 0.115. The van der Waals surface area contributed by atoms with Crippen molar-refractivity contribution in [2.24, 2.45) is 0 Å². The summed E-state index contributed by atoms with van der Waals surface area (Å²) in [4.78, 5) is 34.9. The summed E-state index contributed by atoms with van der Waals surface area (Å²) in [7, 11) is 0. The molecule has 0 aromatic heterocycles. The van der Waals surface area contributed by atoms with E-state index in [1.54, 1.807) is 18.2 Å². The van der Waals surface area contributed by atoms with Gasteiger partial charge < -0.3 is 23.7 Å². The van der Waals surface area contributed by atoms with Crippen LogP contribution in [-0.2, 0) is 19.1 Å². The molecule has 0 radical (unpaired) electrons. The fourth-order valence-corrected chi connectivity index (χ4v) is 2.75. The minimum Gasteiger partial charge on any atom is -0.457 e. The summed E-state index contributed by atoms with van der Waals surface area (Å²) in [6.45, 7) is 7.62. The standard InChI is InChI=1S/C26H21FO8/c1-4-24(28)33-14-31-19-7-9-20(10-8-19)35-26(30)22-12-17-5-6-21(11-18(17)13-23(22)27)32-15-34-25(29)16(2)3/h4-13H,1-2,14-15H2,3H3. The highest BCUT2D eigenvalue weighted by molar-refractivity contribution is 5.97. The molecule has 0 spiro atoms. The minimum atomic E-state index is -0.884. The van der Waals surface area contributed by atoms with Crippen LogP contribution in [0.4, 0.5) is 4.39 Å². The van der Waals surface area contributed by atoms with Crippen LogP contribution in [0.5, 0.6) is 17.2 Å². The molecule has 9 heteroatoms. The van der Waals surface area contributed by atoms with E-state index in [9.17, 15) is 18.8 Å². The van der Waals surface area contributed by atoms with Crippen LogP contribution in [0.15, 0.2) is 79.4 Å². The largest absolute Gasteiger partial charge is 0.457 e. The first-order chi connectivity index (χ1) is 16.8. The first-order valence-corrected chi connectivity index (χ1v) is 10.2. The van der Waals surface area contributed by atoms with Crippen LogP contribution >= 0.6 is 0 Å². The average Bonchev–Trinajstić information content (AvgIpc) is 2.84. The lowest BCUT2D eigenvalue weighted by molar-refractivity contribution is -0.145. The van der Waals surface area contributed by atoms with Gasteiger partial charge in [0, 0.05) is 11.6 Å². The summed E-state index contributed by atoms with van der Waals surface area (Å²) in [5, 5.41) is 1.05. The number of fused-ring (bicyclic) bond motifs is 1. The molecule has 0 heterocycles. The molecule has 0 N–H and O–H groups in total. The van der Waals surface area contributed by atoms with Crippen molar-refractivity contribution >= 4 is 28.7 Å². The maximum atomic E-state index is 14.7. The smallest absolute Gasteiger partial charge is 0.346 e. The van der Waals surface area contributed by atoms with E-state index in [1.807, 2.05) is 0 Å². The van der Waals surface area contributed by atoms with E-state index >= 15 is 0 Å². The third kappa shape index (κ3) is 6.91. The van der Waals surface area contributed by atoms with Crippen molar-refractivity contribution < 1.29 is 42.5 Å². The van der Waals surface area contributed by atoms with Gasteiger partial charge >= 0.3 is 17.9 Å². The van der Waals surface area contributed by atoms with Crippen LogP contribution in [0, 0.1) is 5.82 Å². The van der Waals surface area contributed by atoms with E-state index in [-0.39, 0.29) is 30.5 Å². The van der Waals surface area contributed by atoms with Crippen LogP contribution in [0.3, 0.4) is 0 Å². The molecule has 0 unspecified atom stereocenters. The van der Waals surface area contributed by atoms with Crippen LogP contribution in [0.1, 0.15) is 17.3 Å². The van der Waals surface area contributed by atoms with Gasteiger partial charge in [-0.05, 0) is 66.2 Å². The molecule has 180 valence electrons. The third-order valence-corrected chi connectivity index (χ3v) is 4.51. The molecule has 0 aliphatic carbocycles. The Balaban J connectivity index is 1.63. The molecule has 3 aromatic carbocycles. The molecule has 0 atom stereocenters. The number of carbonyl (C=O) groups excluding carboxylic acids is 3. The van der Waals surface area contributed by atoms with E-state index in [4.69, 9.17) is 23.7 Å². The van der Waals surface area contributed by atoms with Crippen LogP contribution < -0.4 is 14.2 Å². The van der Waals surface area contributed by atoms with Crippen LogP contribution in [0.2, 0.25) is 0 Å². The van der Waals surface area contributed by atoms with Crippen LogP contribution in [-0.4, -0.2) is 31.5 Å². The summed E-state index contributed by atoms with van der Waals surface area (Å²) in [6, 6.07) is 13.2. The zero-order valence-corrected chi connectivity index (χ0v) is 18.7. The van der Waals surface area contributed by atoms with Crippen LogP contribution in [0.25, 0.3) is 10.8 Å². The molecular formula is C26H21FO8. The summed E-state index contributed by atoms with van der Waals surface area (Å²) in [5.74, 6) is -1.99. The number of benzene rings is 3. The Morgan fingerprint density at radius 2 is 1.49 bits per heavy atom. The van der Waals surface area contributed by atoms with E-state index < -0.39 is 23.7 Å². The molecule has 8 nitrogen and oxygen atoms in total. The molecule has 0 saturated heterocycles. The van der Waals surface area contributed by atoms with Gasteiger partial charge in [-0.1, -0.05) is 19.2 Å². The molecule has 3 rings (SSSR count). The highest BCUT2D eigenvalue weighted by Gasteiger charge is 2.16. The lowest BCUT2D eigenvalue weighted by Crippen LogP contribution is -2.11. The van der Waals surface area contributed by atoms with Gasteiger partial charge in [0.1, 0.15) is 23.1 Å². The lowest BCUT2D eigenvalue weighted by Gasteiger charge is -2.10. The molecule has 0 aliphatic heterocycles. The molecule has 35 heavy (non-hydrogen) atoms. The monoisotopic (exact) mass is 480 g/mol. The number of halogens is 1. The van der Waals surface area contributed by atoms with Gasteiger partial charge in [-0.15, -0.1) is 0 Å². The highest BCUT2D eigenvalue weighted by Crippen LogP contribution is 2.26. The fourth-order valence-electron chi connectivity index (χ4n) is 2.75. The Bertz CT molecular complexity index is 1280. The first-order valence-electron chi connectivity index (χ1n) is 10.2. The Morgan fingerprint density at radius 3 is 2.17 bits per heavy atom. The van der Waals surface area contributed by atoms with E-state index in [2.05, 4.69) is 13.2 Å². The number of ether oxygens (including phenoxy) is 5. The Labute approximate surface area is 200 Å². The molecule has 0 saturated carbocycles.